The van der Waals surface area contributed by atoms with Crippen molar-refractivity contribution in [2.45, 2.75) is 45.7 Å². The number of anilines is 1. The van der Waals surface area contributed by atoms with E-state index in [9.17, 15) is 14.4 Å². The molecule has 0 saturated carbocycles. The van der Waals surface area contributed by atoms with Crippen LogP contribution in [0, 0.1) is 5.92 Å². The molecule has 5 rings (SSSR count). The molecule has 0 radical (unpaired) electrons. The predicted octanol–water partition coefficient (Wildman–Crippen LogP) is 2.95. The Kier molecular flexibility index (Phi) is 7.31. The third-order valence-corrected chi connectivity index (χ3v) is 6.94. The number of aromatic nitrogens is 4. The highest BCUT2D eigenvalue weighted by molar-refractivity contribution is 5.98. The molecule has 212 valence electrons. The Labute approximate surface area is 235 Å². The smallest absolute Gasteiger partial charge is 0.286 e. The Morgan fingerprint density at radius 2 is 1.80 bits per heavy atom. The molecule has 12 heteroatoms. The van der Waals surface area contributed by atoms with Crippen molar-refractivity contribution in [1.82, 2.24) is 25.1 Å². The molecule has 1 amide bonds. The molecule has 0 bridgehead atoms. The number of amides is 1. The van der Waals surface area contributed by atoms with Crippen LogP contribution in [0.1, 0.15) is 49.8 Å². The monoisotopic (exact) mass is 558 g/mol. The topological polar surface area (TPSA) is 164 Å². The van der Waals surface area contributed by atoms with Crippen LogP contribution >= 0.6 is 0 Å². The summed E-state index contributed by atoms with van der Waals surface area (Å²) in [7, 11) is 0. The second-order valence-electron chi connectivity index (χ2n) is 10.6. The minimum Gasteiger partial charge on any atom is -0.454 e. The largest absolute Gasteiger partial charge is 0.454 e. The minimum absolute atomic E-state index is 0.0996. The number of carbonyl (C=O) groups is 2. The van der Waals surface area contributed by atoms with Gasteiger partial charge in [-0.1, -0.05) is 50.2 Å². The molecule has 1 aliphatic rings. The first kappa shape index (κ1) is 27.6. The molecule has 2 aromatic heterocycles. The molecule has 0 aliphatic carbocycles. The Bertz CT molecular complexity index is 1660. The van der Waals surface area contributed by atoms with Gasteiger partial charge in [0.25, 0.3) is 11.4 Å². The van der Waals surface area contributed by atoms with Gasteiger partial charge >= 0.3 is 0 Å². The van der Waals surface area contributed by atoms with Crippen molar-refractivity contribution in [2.24, 2.45) is 5.92 Å². The maximum Gasteiger partial charge on any atom is 0.286 e. The van der Waals surface area contributed by atoms with Crippen LogP contribution < -0.4 is 26.1 Å². The predicted molar refractivity (Wildman–Crippen MR) is 148 cm³/mol. The molecule has 2 aromatic carbocycles. The van der Waals surface area contributed by atoms with Gasteiger partial charge in [-0.05, 0) is 37.5 Å². The van der Waals surface area contributed by atoms with Crippen LogP contribution in [0.25, 0.3) is 11.4 Å². The van der Waals surface area contributed by atoms with E-state index in [0.717, 1.165) is 5.56 Å². The van der Waals surface area contributed by atoms with Gasteiger partial charge in [0.05, 0.1) is 17.7 Å². The van der Waals surface area contributed by atoms with Crippen molar-refractivity contribution < 1.29 is 23.5 Å². The number of Topliss-reactive ketones (excluding diaryl/α,β-unsaturated/α-hetero) is 1. The van der Waals surface area contributed by atoms with Gasteiger partial charge in [0.15, 0.2) is 11.5 Å². The summed E-state index contributed by atoms with van der Waals surface area (Å²) >= 11 is 0. The molecular weight excluding hydrogens is 528 g/mol. The second kappa shape index (κ2) is 10.9. The number of ketones is 1. The maximum absolute atomic E-state index is 13.5. The zero-order chi connectivity index (χ0) is 29.3. The Balaban J connectivity index is 1.36. The van der Waals surface area contributed by atoms with E-state index < -0.39 is 35.3 Å². The number of nitrogen functional groups attached to an aromatic ring is 1. The normalized spacial score (nSPS) is 13.3. The number of fused-ring (bicyclic) bond motifs is 1. The lowest BCUT2D eigenvalue weighted by molar-refractivity contribution is -0.122. The van der Waals surface area contributed by atoms with E-state index in [0.29, 0.717) is 17.1 Å². The van der Waals surface area contributed by atoms with Crippen LogP contribution in [0.5, 0.6) is 11.5 Å². The Morgan fingerprint density at radius 1 is 1.07 bits per heavy atom. The lowest BCUT2D eigenvalue weighted by Gasteiger charge is -2.22. The van der Waals surface area contributed by atoms with Crippen molar-refractivity contribution in [3.63, 3.8) is 0 Å². The van der Waals surface area contributed by atoms with Crippen LogP contribution in [0.15, 0.2) is 63.9 Å². The van der Waals surface area contributed by atoms with E-state index in [1.165, 1.54) is 10.8 Å². The quantitative estimate of drug-likeness (QED) is 0.292. The fraction of sp³-hybridized carbons (Fsp3) is 0.310. The van der Waals surface area contributed by atoms with E-state index in [1.807, 2.05) is 32.0 Å². The Morgan fingerprint density at radius 3 is 2.54 bits per heavy atom. The number of benzene rings is 2. The summed E-state index contributed by atoms with van der Waals surface area (Å²) in [5.74, 6) is 0.0678. The van der Waals surface area contributed by atoms with Crippen molar-refractivity contribution >= 4 is 17.4 Å². The zero-order valence-electron chi connectivity index (χ0n) is 23.1. The molecule has 4 aromatic rings. The van der Waals surface area contributed by atoms with Crippen LogP contribution in [-0.4, -0.2) is 44.3 Å². The van der Waals surface area contributed by atoms with Gasteiger partial charge in [0, 0.05) is 5.56 Å². The maximum atomic E-state index is 13.5. The molecule has 0 spiro atoms. The van der Waals surface area contributed by atoms with Crippen molar-refractivity contribution in [3.05, 3.63) is 82.4 Å². The average Bonchev–Trinajstić information content (AvgIpc) is 3.64. The van der Waals surface area contributed by atoms with E-state index in [1.54, 1.807) is 44.2 Å². The number of carbonyl (C=O) groups excluding carboxylic acids is 2. The van der Waals surface area contributed by atoms with Crippen LogP contribution in [0.2, 0.25) is 0 Å². The van der Waals surface area contributed by atoms with Crippen LogP contribution in [0.4, 0.5) is 5.69 Å². The highest BCUT2D eigenvalue weighted by Gasteiger charge is 2.35. The number of nitrogens with one attached hydrogen (secondary N) is 1. The van der Waals surface area contributed by atoms with Gasteiger partial charge in [-0.25, -0.2) is 4.98 Å². The van der Waals surface area contributed by atoms with Crippen LogP contribution in [-0.2, 0) is 16.8 Å². The zero-order valence-corrected chi connectivity index (χ0v) is 23.1. The molecule has 12 nitrogen and oxygen atoms in total. The van der Waals surface area contributed by atoms with Crippen molar-refractivity contribution in [2.75, 3.05) is 12.5 Å². The van der Waals surface area contributed by atoms with E-state index in [2.05, 4.69) is 20.5 Å². The molecule has 1 aliphatic heterocycles. The first-order valence-corrected chi connectivity index (χ1v) is 13.0. The number of nitrogens with zero attached hydrogens (tertiary/aromatic N) is 4. The summed E-state index contributed by atoms with van der Waals surface area (Å²) in [4.78, 5) is 43.8. The van der Waals surface area contributed by atoms with Crippen LogP contribution in [0.3, 0.4) is 0 Å². The molecule has 41 heavy (non-hydrogen) atoms. The molecule has 1 unspecified atom stereocenters. The fourth-order valence-electron chi connectivity index (χ4n) is 4.49. The van der Waals surface area contributed by atoms with Gasteiger partial charge in [-0.3, -0.25) is 19.0 Å². The standard InChI is InChI=1S/C29H30N6O6/c1-16(2)23(32-22(36)14-35-25(17-8-6-5-7-9-17)31-13-19(30)27(35)38)24(37)26-33-34-28(41-26)29(3,4)18-10-11-20-21(12-18)40-15-39-20/h5-13,16,23H,14-15,30H2,1-4H3,(H,32,36). The highest BCUT2D eigenvalue weighted by atomic mass is 16.7. The average molecular weight is 559 g/mol. The summed E-state index contributed by atoms with van der Waals surface area (Å²) in [6.45, 7) is 7.08. The first-order chi connectivity index (χ1) is 19.6. The number of ether oxygens (including phenoxy) is 2. The van der Waals surface area contributed by atoms with Gasteiger partial charge in [-0.2, -0.15) is 0 Å². The van der Waals surface area contributed by atoms with Gasteiger partial charge in [-0.15, -0.1) is 10.2 Å². The molecular formula is C29H30N6O6. The number of rotatable bonds is 9. The summed E-state index contributed by atoms with van der Waals surface area (Å²) in [6.07, 6.45) is 1.26. The van der Waals surface area contributed by atoms with Gasteiger partial charge in [0.1, 0.15) is 18.1 Å². The summed E-state index contributed by atoms with van der Waals surface area (Å²) in [5, 5.41) is 10.9. The highest BCUT2D eigenvalue weighted by Crippen LogP contribution is 2.38. The molecule has 0 saturated heterocycles. The summed E-state index contributed by atoms with van der Waals surface area (Å²) in [5.41, 5.74) is 5.85. The molecule has 0 fully saturated rings. The third kappa shape index (κ3) is 5.40. The summed E-state index contributed by atoms with van der Waals surface area (Å²) in [6, 6.07) is 13.5. The lowest BCUT2D eigenvalue weighted by Crippen LogP contribution is -2.46. The van der Waals surface area contributed by atoms with Crippen molar-refractivity contribution in [1.29, 1.82) is 0 Å². The van der Waals surface area contributed by atoms with Gasteiger partial charge < -0.3 is 24.9 Å². The molecule has 1 atom stereocenters. The SMILES string of the molecule is CC(C)C(NC(=O)Cn1c(-c2ccccc2)ncc(N)c1=O)C(=O)c1nnc(C(C)(C)c2ccc3c(c2)OCO3)o1. The Hall–Kier alpha value is -5.00. The first-order valence-electron chi connectivity index (χ1n) is 13.0. The molecule has 3 heterocycles. The number of nitrogens with two attached hydrogens (primary N) is 1. The fourth-order valence-corrected chi connectivity index (χ4v) is 4.49. The number of hydrogen-bond acceptors (Lipinski definition) is 10. The lowest BCUT2D eigenvalue weighted by atomic mass is 9.84. The minimum atomic E-state index is -0.991. The van der Waals surface area contributed by atoms with Crippen molar-refractivity contribution in [3.8, 4) is 22.9 Å². The van der Waals surface area contributed by atoms with Gasteiger partial charge in [0.2, 0.25) is 24.4 Å². The van der Waals surface area contributed by atoms with E-state index >= 15 is 0 Å². The van der Waals surface area contributed by atoms with E-state index in [-0.39, 0.29) is 36.0 Å². The third-order valence-electron chi connectivity index (χ3n) is 6.94. The summed E-state index contributed by atoms with van der Waals surface area (Å²) < 4.78 is 17.9. The number of hydrogen-bond donors (Lipinski definition) is 2. The molecule has 3 N–H and O–H groups in total. The van der Waals surface area contributed by atoms with E-state index in [4.69, 9.17) is 19.6 Å². The second-order valence-corrected chi connectivity index (χ2v) is 10.6.